The van der Waals surface area contributed by atoms with Gasteiger partial charge in [-0.05, 0) is 24.5 Å². The van der Waals surface area contributed by atoms with Gasteiger partial charge in [0.2, 0.25) is 6.08 Å². The number of aliphatic imine (C=N–C) groups is 1. The molecule has 0 saturated heterocycles. The summed E-state index contributed by atoms with van der Waals surface area (Å²) < 4.78 is 0. The maximum atomic E-state index is 10.3. The number of isocyanates is 1. The Labute approximate surface area is 86.0 Å². The minimum Gasteiger partial charge on any atom is -0.278 e. The van der Waals surface area contributed by atoms with E-state index in [1.165, 1.54) is 0 Å². The van der Waals surface area contributed by atoms with Crippen LogP contribution in [0.4, 0.5) is 0 Å². The Balaban J connectivity index is 2.15. The Hall–Kier alpha value is -1.93. The van der Waals surface area contributed by atoms with Crippen molar-refractivity contribution in [2.75, 3.05) is 0 Å². The van der Waals surface area contributed by atoms with Gasteiger partial charge in [0, 0.05) is 5.39 Å². The number of aromatic nitrogens is 2. The van der Waals surface area contributed by atoms with Gasteiger partial charge in [0.15, 0.2) is 0 Å². The van der Waals surface area contributed by atoms with Gasteiger partial charge < -0.3 is 0 Å². The van der Waals surface area contributed by atoms with E-state index in [1.54, 1.807) is 12.3 Å². The Morgan fingerprint density at radius 1 is 1.47 bits per heavy atom. The molecule has 0 unspecified atom stereocenters. The molecule has 0 amide bonds. The third kappa shape index (κ3) is 1.19. The standard InChI is InChI=1S/C11H9N3O/c15-7-12-11(3-4-11)9-2-1-8-6-13-14-10(8)5-9/h1-2,5-6H,3-4H2,(H,13,14). The highest BCUT2D eigenvalue weighted by molar-refractivity contribution is 5.79. The topological polar surface area (TPSA) is 58.1 Å². The molecule has 0 aliphatic heterocycles. The second-order valence-corrected chi connectivity index (χ2v) is 3.91. The molecule has 1 N–H and O–H groups in total. The summed E-state index contributed by atoms with van der Waals surface area (Å²) in [5.74, 6) is 0. The van der Waals surface area contributed by atoms with E-state index in [1.807, 2.05) is 18.2 Å². The first-order valence-electron chi connectivity index (χ1n) is 4.87. The fraction of sp³-hybridized carbons (Fsp3) is 0.273. The highest BCUT2D eigenvalue weighted by atomic mass is 16.1. The van der Waals surface area contributed by atoms with E-state index in [2.05, 4.69) is 15.2 Å². The van der Waals surface area contributed by atoms with Gasteiger partial charge in [-0.25, -0.2) is 4.79 Å². The van der Waals surface area contributed by atoms with Crippen molar-refractivity contribution in [3.63, 3.8) is 0 Å². The summed E-state index contributed by atoms with van der Waals surface area (Å²) in [6.45, 7) is 0. The molecule has 1 fully saturated rings. The summed E-state index contributed by atoms with van der Waals surface area (Å²) in [7, 11) is 0. The number of aromatic amines is 1. The molecule has 0 radical (unpaired) electrons. The minimum atomic E-state index is -0.291. The lowest BCUT2D eigenvalue weighted by Gasteiger charge is -2.07. The average Bonchev–Trinajstić information content (AvgIpc) is 2.89. The fourth-order valence-corrected chi connectivity index (χ4v) is 1.90. The summed E-state index contributed by atoms with van der Waals surface area (Å²) in [6.07, 6.45) is 5.30. The summed E-state index contributed by atoms with van der Waals surface area (Å²) in [5.41, 5.74) is 1.77. The Morgan fingerprint density at radius 3 is 3.07 bits per heavy atom. The first-order valence-corrected chi connectivity index (χ1v) is 4.87. The van der Waals surface area contributed by atoms with Crippen molar-refractivity contribution >= 4 is 17.0 Å². The molecule has 1 aromatic heterocycles. The van der Waals surface area contributed by atoms with Crippen LogP contribution in [-0.4, -0.2) is 16.3 Å². The lowest BCUT2D eigenvalue weighted by molar-refractivity contribution is 0.556. The maximum absolute atomic E-state index is 10.3. The molecule has 1 saturated carbocycles. The molecular weight excluding hydrogens is 190 g/mol. The highest BCUT2D eigenvalue weighted by Crippen LogP contribution is 2.49. The zero-order chi connectivity index (χ0) is 10.3. The summed E-state index contributed by atoms with van der Waals surface area (Å²) in [5, 5.41) is 7.94. The van der Waals surface area contributed by atoms with E-state index in [9.17, 15) is 4.79 Å². The number of carbonyl (C=O) groups excluding carboxylic acids is 1. The molecule has 0 atom stereocenters. The molecule has 4 nitrogen and oxygen atoms in total. The lowest BCUT2D eigenvalue weighted by atomic mass is 10.0. The monoisotopic (exact) mass is 199 g/mol. The molecule has 74 valence electrons. The quantitative estimate of drug-likeness (QED) is 0.593. The maximum Gasteiger partial charge on any atom is 0.235 e. The predicted molar refractivity (Wildman–Crippen MR) is 55.1 cm³/mol. The number of hydrogen-bond acceptors (Lipinski definition) is 3. The molecule has 1 aliphatic rings. The van der Waals surface area contributed by atoms with E-state index in [0.717, 1.165) is 29.3 Å². The van der Waals surface area contributed by atoms with E-state index < -0.39 is 0 Å². The molecule has 3 rings (SSSR count). The van der Waals surface area contributed by atoms with Crippen LogP contribution in [0.15, 0.2) is 29.4 Å². The summed E-state index contributed by atoms with van der Waals surface area (Å²) in [4.78, 5) is 14.2. The van der Waals surface area contributed by atoms with Crippen molar-refractivity contribution in [2.24, 2.45) is 4.99 Å². The largest absolute Gasteiger partial charge is 0.278 e. The van der Waals surface area contributed by atoms with Gasteiger partial charge in [-0.15, -0.1) is 0 Å². The van der Waals surface area contributed by atoms with Crippen LogP contribution in [0.2, 0.25) is 0 Å². The van der Waals surface area contributed by atoms with Crippen LogP contribution < -0.4 is 0 Å². The van der Waals surface area contributed by atoms with E-state index >= 15 is 0 Å². The summed E-state index contributed by atoms with van der Waals surface area (Å²) in [6, 6.07) is 6.01. The van der Waals surface area contributed by atoms with Gasteiger partial charge in [0.05, 0.1) is 17.3 Å². The van der Waals surface area contributed by atoms with Gasteiger partial charge in [0.25, 0.3) is 0 Å². The molecular formula is C11H9N3O. The highest BCUT2D eigenvalue weighted by Gasteiger charge is 2.44. The van der Waals surface area contributed by atoms with Gasteiger partial charge in [0.1, 0.15) is 0 Å². The van der Waals surface area contributed by atoms with Crippen LogP contribution in [0, 0.1) is 0 Å². The zero-order valence-corrected chi connectivity index (χ0v) is 8.03. The third-order valence-electron chi connectivity index (χ3n) is 2.96. The first kappa shape index (κ1) is 8.38. The van der Waals surface area contributed by atoms with Crippen molar-refractivity contribution in [3.8, 4) is 0 Å². The Bertz CT molecular complexity index is 562. The Kier molecular flexibility index (Phi) is 1.55. The van der Waals surface area contributed by atoms with Gasteiger partial charge >= 0.3 is 0 Å². The number of nitrogens with zero attached hydrogens (tertiary/aromatic N) is 2. The van der Waals surface area contributed by atoms with Crippen molar-refractivity contribution in [1.82, 2.24) is 10.2 Å². The zero-order valence-electron chi connectivity index (χ0n) is 8.03. The first-order chi connectivity index (χ1) is 7.34. The smallest absolute Gasteiger partial charge is 0.235 e. The van der Waals surface area contributed by atoms with Crippen LogP contribution in [-0.2, 0) is 10.3 Å². The van der Waals surface area contributed by atoms with Gasteiger partial charge in [-0.2, -0.15) is 10.1 Å². The molecule has 15 heavy (non-hydrogen) atoms. The summed E-state index contributed by atoms with van der Waals surface area (Å²) >= 11 is 0. The molecule has 1 aliphatic carbocycles. The van der Waals surface area contributed by atoms with E-state index in [0.29, 0.717) is 0 Å². The van der Waals surface area contributed by atoms with E-state index in [-0.39, 0.29) is 5.54 Å². The molecule has 2 aromatic rings. The molecule has 0 bridgehead atoms. The number of nitrogens with one attached hydrogen (secondary N) is 1. The molecule has 0 spiro atoms. The number of benzene rings is 1. The van der Waals surface area contributed by atoms with Gasteiger partial charge in [-0.3, -0.25) is 5.10 Å². The molecule has 1 heterocycles. The average molecular weight is 199 g/mol. The fourth-order valence-electron chi connectivity index (χ4n) is 1.90. The minimum absolute atomic E-state index is 0.291. The van der Waals surface area contributed by atoms with Crippen molar-refractivity contribution < 1.29 is 4.79 Å². The lowest BCUT2D eigenvalue weighted by Crippen LogP contribution is -2.01. The van der Waals surface area contributed by atoms with Crippen molar-refractivity contribution in [2.45, 2.75) is 18.4 Å². The molecule has 1 aromatic carbocycles. The van der Waals surface area contributed by atoms with E-state index in [4.69, 9.17) is 0 Å². The molecule has 4 heteroatoms. The van der Waals surface area contributed by atoms with Gasteiger partial charge in [-0.1, -0.05) is 12.1 Å². The number of H-pyrrole nitrogens is 1. The number of hydrogen-bond donors (Lipinski definition) is 1. The van der Waals surface area contributed by atoms with Crippen LogP contribution in [0.25, 0.3) is 10.9 Å². The van der Waals surface area contributed by atoms with Crippen LogP contribution in [0.5, 0.6) is 0 Å². The predicted octanol–water partition coefficient (Wildman–Crippen LogP) is 1.89. The van der Waals surface area contributed by atoms with Crippen LogP contribution in [0.1, 0.15) is 18.4 Å². The number of fused-ring (bicyclic) bond motifs is 1. The van der Waals surface area contributed by atoms with Crippen LogP contribution >= 0.6 is 0 Å². The Morgan fingerprint density at radius 2 is 2.33 bits per heavy atom. The normalized spacial score (nSPS) is 17.3. The SMILES string of the molecule is O=C=NC1(c2ccc3cn[nH]c3c2)CC1. The second kappa shape index (κ2) is 2.78. The number of rotatable bonds is 2. The van der Waals surface area contributed by atoms with Crippen molar-refractivity contribution in [1.29, 1.82) is 0 Å². The van der Waals surface area contributed by atoms with Crippen molar-refractivity contribution in [3.05, 3.63) is 30.0 Å². The third-order valence-corrected chi connectivity index (χ3v) is 2.96. The van der Waals surface area contributed by atoms with Crippen LogP contribution in [0.3, 0.4) is 0 Å². The second-order valence-electron chi connectivity index (χ2n) is 3.91.